The lowest BCUT2D eigenvalue weighted by atomic mass is 10.2. The quantitative estimate of drug-likeness (QED) is 0.140. The van der Waals surface area contributed by atoms with E-state index in [1.165, 1.54) is 18.3 Å². The van der Waals surface area contributed by atoms with E-state index in [4.69, 9.17) is 0 Å². The number of nitrogens with one attached hydrogen (secondary N) is 3. The third-order valence-electron chi connectivity index (χ3n) is 4.36. The summed E-state index contributed by atoms with van der Waals surface area (Å²) in [5.74, 6) is 0.624. The van der Waals surface area contributed by atoms with Gasteiger partial charge < -0.3 is 15.7 Å². The number of nitro groups is 1. The minimum absolute atomic E-state index is 0.0277. The summed E-state index contributed by atoms with van der Waals surface area (Å²) >= 11 is 3.35. The van der Waals surface area contributed by atoms with Gasteiger partial charge in [-0.2, -0.15) is 20.1 Å². The number of non-ortho nitro benzene ring substituents is 1. The Morgan fingerprint density at radius 2 is 1.50 bits per heavy atom. The van der Waals surface area contributed by atoms with E-state index in [1.54, 1.807) is 30.3 Å². The number of anilines is 5. The molecule has 0 fully saturated rings. The fourth-order valence-electron chi connectivity index (χ4n) is 2.77. The maximum Gasteiger partial charge on any atom is 0.269 e. The van der Waals surface area contributed by atoms with Gasteiger partial charge in [0.1, 0.15) is 5.75 Å². The number of nitro benzene ring substituents is 1. The van der Waals surface area contributed by atoms with Crippen molar-refractivity contribution in [3.63, 3.8) is 0 Å². The van der Waals surface area contributed by atoms with E-state index < -0.39 is 4.92 Å². The molecule has 4 rings (SSSR count). The maximum absolute atomic E-state index is 10.9. The van der Waals surface area contributed by atoms with Crippen molar-refractivity contribution in [3.05, 3.63) is 92.9 Å². The van der Waals surface area contributed by atoms with Crippen LogP contribution in [0.5, 0.6) is 5.75 Å². The van der Waals surface area contributed by atoms with Gasteiger partial charge in [0.05, 0.1) is 11.1 Å². The lowest BCUT2D eigenvalue weighted by molar-refractivity contribution is -0.384. The number of hydrazone groups is 1. The van der Waals surface area contributed by atoms with Crippen molar-refractivity contribution in [2.24, 2.45) is 5.10 Å². The molecule has 0 aliphatic rings. The molecular formula is C22H17BrN8O3. The molecule has 0 saturated carbocycles. The van der Waals surface area contributed by atoms with Gasteiger partial charge in [0.2, 0.25) is 17.8 Å². The summed E-state index contributed by atoms with van der Waals surface area (Å²) in [6.45, 7) is 0. The average Bonchev–Trinajstić information content (AvgIpc) is 2.82. The number of hydrogen-bond donors (Lipinski definition) is 4. The molecule has 34 heavy (non-hydrogen) atoms. The van der Waals surface area contributed by atoms with Gasteiger partial charge >= 0.3 is 0 Å². The Kier molecular flexibility index (Phi) is 6.89. The van der Waals surface area contributed by atoms with Crippen LogP contribution in [0.3, 0.4) is 0 Å². The van der Waals surface area contributed by atoms with Crippen molar-refractivity contribution in [2.45, 2.75) is 0 Å². The molecular weight excluding hydrogens is 504 g/mol. The van der Waals surface area contributed by atoms with E-state index in [-0.39, 0.29) is 29.3 Å². The molecule has 1 aromatic heterocycles. The molecule has 11 nitrogen and oxygen atoms in total. The van der Waals surface area contributed by atoms with E-state index in [9.17, 15) is 15.2 Å². The SMILES string of the molecule is O=[N+]([O-])c1ccc(Nc2nc(NN=Cc3cc(Br)ccc3O)nc(Nc3ccccc3)n2)cc1. The zero-order chi connectivity index (χ0) is 23.9. The highest BCUT2D eigenvalue weighted by atomic mass is 79.9. The summed E-state index contributed by atoms with van der Waals surface area (Å²) in [4.78, 5) is 23.4. The largest absolute Gasteiger partial charge is 0.507 e. The summed E-state index contributed by atoms with van der Waals surface area (Å²) in [5, 5.41) is 31.0. The second-order valence-corrected chi connectivity index (χ2v) is 7.72. The van der Waals surface area contributed by atoms with Gasteiger partial charge in [-0.25, -0.2) is 5.43 Å². The molecule has 0 aliphatic carbocycles. The number of phenols is 1. The summed E-state index contributed by atoms with van der Waals surface area (Å²) in [5.41, 5.74) is 4.51. The van der Waals surface area contributed by atoms with Crippen LogP contribution < -0.4 is 16.1 Å². The number of phenolic OH excluding ortho intramolecular Hbond substituents is 1. The van der Waals surface area contributed by atoms with Crippen molar-refractivity contribution in [2.75, 3.05) is 16.1 Å². The fourth-order valence-corrected chi connectivity index (χ4v) is 3.15. The molecule has 0 radical (unpaired) electrons. The minimum Gasteiger partial charge on any atom is -0.507 e. The summed E-state index contributed by atoms with van der Waals surface area (Å²) < 4.78 is 0.788. The molecule has 0 aliphatic heterocycles. The van der Waals surface area contributed by atoms with Crippen molar-refractivity contribution in [3.8, 4) is 5.75 Å². The Morgan fingerprint density at radius 3 is 2.15 bits per heavy atom. The average molecular weight is 521 g/mol. The Morgan fingerprint density at radius 1 is 0.882 bits per heavy atom. The van der Waals surface area contributed by atoms with Gasteiger partial charge in [0.15, 0.2) is 0 Å². The van der Waals surface area contributed by atoms with Crippen LogP contribution in [0.1, 0.15) is 5.56 Å². The van der Waals surface area contributed by atoms with E-state index in [1.807, 2.05) is 30.3 Å². The van der Waals surface area contributed by atoms with Gasteiger partial charge in [-0.3, -0.25) is 10.1 Å². The van der Waals surface area contributed by atoms with Crippen molar-refractivity contribution in [1.29, 1.82) is 0 Å². The third kappa shape index (κ3) is 6.01. The van der Waals surface area contributed by atoms with Crippen LogP contribution >= 0.6 is 15.9 Å². The van der Waals surface area contributed by atoms with E-state index in [2.05, 4.69) is 52.0 Å². The predicted molar refractivity (Wildman–Crippen MR) is 133 cm³/mol. The summed E-state index contributed by atoms with van der Waals surface area (Å²) in [6.07, 6.45) is 1.43. The second-order valence-electron chi connectivity index (χ2n) is 6.80. The summed E-state index contributed by atoms with van der Waals surface area (Å²) in [7, 11) is 0. The molecule has 4 aromatic rings. The predicted octanol–water partition coefficient (Wildman–Crippen LogP) is 5.18. The highest BCUT2D eigenvalue weighted by Gasteiger charge is 2.09. The number of aromatic nitrogens is 3. The number of benzene rings is 3. The molecule has 0 spiro atoms. The first-order chi connectivity index (χ1) is 16.5. The molecule has 12 heteroatoms. The molecule has 0 bridgehead atoms. The smallest absolute Gasteiger partial charge is 0.269 e. The van der Waals surface area contributed by atoms with E-state index in [0.29, 0.717) is 11.3 Å². The minimum atomic E-state index is -0.475. The molecule has 0 atom stereocenters. The van der Waals surface area contributed by atoms with Gasteiger partial charge in [-0.05, 0) is 42.5 Å². The van der Waals surface area contributed by atoms with Crippen LogP contribution in [0.2, 0.25) is 0 Å². The molecule has 170 valence electrons. The normalized spacial score (nSPS) is 10.7. The monoisotopic (exact) mass is 520 g/mol. The van der Waals surface area contributed by atoms with Crippen LogP contribution in [-0.2, 0) is 0 Å². The summed E-state index contributed by atoms with van der Waals surface area (Å²) in [6, 6.07) is 20.1. The molecule has 0 amide bonds. The number of aromatic hydroxyl groups is 1. The number of hydrogen-bond acceptors (Lipinski definition) is 10. The van der Waals surface area contributed by atoms with Crippen molar-refractivity contribution in [1.82, 2.24) is 15.0 Å². The van der Waals surface area contributed by atoms with Gasteiger partial charge in [-0.15, -0.1) is 0 Å². The molecule has 4 N–H and O–H groups in total. The van der Waals surface area contributed by atoms with Gasteiger partial charge in [0.25, 0.3) is 5.69 Å². The second kappa shape index (κ2) is 10.4. The number of halogens is 1. The zero-order valence-corrected chi connectivity index (χ0v) is 19.0. The lowest BCUT2D eigenvalue weighted by Crippen LogP contribution is -2.07. The van der Waals surface area contributed by atoms with Crippen LogP contribution in [0.4, 0.5) is 34.9 Å². The van der Waals surface area contributed by atoms with Crippen molar-refractivity contribution < 1.29 is 10.0 Å². The number of nitrogens with zero attached hydrogens (tertiary/aromatic N) is 5. The van der Waals surface area contributed by atoms with Crippen LogP contribution in [0.15, 0.2) is 82.4 Å². The molecule has 0 saturated heterocycles. The Labute approximate surface area is 201 Å². The molecule has 3 aromatic carbocycles. The van der Waals surface area contributed by atoms with Gasteiger partial charge in [-0.1, -0.05) is 34.1 Å². The maximum atomic E-state index is 10.9. The van der Waals surface area contributed by atoms with Crippen LogP contribution in [-0.4, -0.2) is 31.2 Å². The highest BCUT2D eigenvalue weighted by Crippen LogP contribution is 2.22. The zero-order valence-electron chi connectivity index (χ0n) is 17.4. The van der Waals surface area contributed by atoms with E-state index in [0.717, 1.165) is 10.2 Å². The van der Waals surface area contributed by atoms with Crippen molar-refractivity contribution >= 4 is 57.1 Å². The topological polar surface area (TPSA) is 150 Å². The Hall–Kier alpha value is -4.58. The fraction of sp³-hybridized carbons (Fsp3) is 0. The number of para-hydroxylation sites is 1. The Bertz CT molecular complexity index is 1330. The Balaban J connectivity index is 1.59. The molecule has 1 heterocycles. The van der Waals surface area contributed by atoms with E-state index >= 15 is 0 Å². The van der Waals surface area contributed by atoms with Crippen LogP contribution in [0.25, 0.3) is 0 Å². The highest BCUT2D eigenvalue weighted by molar-refractivity contribution is 9.10. The van der Waals surface area contributed by atoms with Crippen LogP contribution in [0, 0.1) is 10.1 Å². The number of rotatable bonds is 8. The lowest BCUT2D eigenvalue weighted by Gasteiger charge is -2.10. The van der Waals surface area contributed by atoms with Gasteiger partial charge in [0, 0.05) is 33.5 Å². The standard InChI is InChI=1S/C22H17BrN8O3/c23-15-6-11-19(32)14(12-15)13-24-30-22-28-20(25-16-4-2-1-3-5-16)27-21(29-22)26-17-7-9-18(10-8-17)31(33)34/h1-13,32H,(H3,25,26,27,28,29,30). The first-order valence-electron chi connectivity index (χ1n) is 9.83. The third-order valence-corrected chi connectivity index (χ3v) is 4.85. The molecule has 0 unspecified atom stereocenters. The first kappa shape index (κ1) is 22.6. The first-order valence-corrected chi connectivity index (χ1v) is 10.6.